The minimum absolute atomic E-state index is 0.690. The fourth-order valence-corrected chi connectivity index (χ4v) is 2.21. The summed E-state index contributed by atoms with van der Waals surface area (Å²) in [6, 6.07) is 14.4. The van der Waals surface area contributed by atoms with E-state index in [0.717, 1.165) is 25.1 Å². The third kappa shape index (κ3) is 2.47. The SMILES string of the molecule is CCCCn1nnnc1Nc1cccc2ccccc12. The zero-order valence-electron chi connectivity index (χ0n) is 11.5. The molecule has 0 aliphatic carbocycles. The first-order valence-corrected chi connectivity index (χ1v) is 6.89. The Morgan fingerprint density at radius 3 is 2.85 bits per heavy atom. The van der Waals surface area contributed by atoms with Crippen LogP contribution in [0.4, 0.5) is 11.6 Å². The van der Waals surface area contributed by atoms with E-state index in [2.05, 4.69) is 46.0 Å². The predicted octanol–water partition coefficient (Wildman–Crippen LogP) is 3.37. The number of fused-ring (bicyclic) bond motifs is 1. The Hall–Kier alpha value is -2.43. The van der Waals surface area contributed by atoms with E-state index in [4.69, 9.17) is 0 Å². The van der Waals surface area contributed by atoms with Crippen molar-refractivity contribution in [1.82, 2.24) is 20.2 Å². The summed E-state index contributed by atoms with van der Waals surface area (Å²) in [6.07, 6.45) is 2.18. The summed E-state index contributed by atoms with van der Waals surface area (Å²) in [5, 5.41) is 17.5. The number of aromatic nitrogens is 4. The fourth-order valence-electron chi connectivity index (χ4n) is 2.21. The molecule has 1 aromatic heterocycles. The summed E-state index contributed by atoms with van der Waals surface area (Å²) in [4.78, 5) is 0. The molecule has 0 fully saturated rings. The quantitative estimate of drug-likeness (QED) is 0.770. The summed E-state index contributed by atoms with van der Waals surface area (Å²) >= 11 is 0. The Morgan fingerprint density at radius 1 is 1.10 bits per heavy atom. The number of aryl methyl sites for hydroxylation is 1. The summed E-state index contributed by atoms with van der Waals surface area (Å²) < 4.78 is 1.81. The van der Waals surface area contributed by atoms with E-state index in [1.165, 1.54) is 10.8 Å². The van der Waals surface area contributed by atoms with Crippen LogP contribution in [-0.2, 0) is 6.54 Å². The highest BCUT2D eigenvalue weighted by Crippen LogP contribution is 2.25. The van der Waals surface area contributed by atoms with Crippen LogP contribution < -0.4 is 5.32 Å². The van der Waals surface area contributed by atoms with E-state index < -0.39 is 0 Å². The first-order chi connectivity index (χ1) is 9.88. The molecule has 0 radical (unpaired) electrons. The van der Waals surface area contributed by atoms with E-state index >= 15 is 0 Å². The molecular weight excluding hydrogens is 250 g/mol. The molecule has 3 rings (SSSR count). The van der Waals surface area contributed by atoms with E-state index in [1.54, 1.807) is 0 Å². The van der Waals surface area contributed by atoms with Crippen molar-refractivity contribution in [3.8, 4) is 0 Å². The van der Waals surface area contributed by atoms with E-state index in [1.807, 2.05) is 28.9 Å². The van der Waals surface area contributed by atoms with Crippen LogP contribution in [0.15, 0.2) is 42.5 Å². The van der Waals surface area contributed by atoms with Crippen LogP contribution in [0, 0.1) is 0 Å². The molecule has 0 saturated heterocycles. The topological polar surface area (TPSA) is 55.6 Å². The number of anilines is 2. The highest BCUT2D eigenvalue weighted by atomic mass is 15.6. The monoisotopic (exact) mass is 267 g/mol. The molecule has 5 heteroatoms. The standard InChI is InChI=1S/C15H17N5/c1-2-3-11-20-15(17-18-19-20)16-14-10-6-8-12-7-4-5-9-13(12)14/h4-10H,2-3,11H2,1H3,(H,16,17,19). The Morgan fingerprint density at radius 2 is 1.95 bits per heavy atom. The maximum atomic E-state index is 4.06. The van der Waals surface area contributed by atoms with Gasteiger partial charge in [0.1, 0.15) is 0 Å². The van der Waals surface area contributed by atoms with Crippen LogP contribution in [0.2, 0.25) is 0 Å². The van der Waals surface area contributed by atoms with Crippen LogP contribution >= 0.6 is 0 Å². The van der Waals surface area contributed by atoms with Crippen molar-refractivity contribution in [2.24, 2.45) is 0 Å². The Balaban J connectivity index is 1.92. The number of benzene rings is 2. The summed E-state index contributed by atoms with van der Waals surface area (Å²) in [7, 11) is 0. The van der Waals surface area contributed by atoms with Crippen molar-refractivity contribution in [1.29, 1.82) is 0 Å². The second-order valence-electron chi connectivity index (χ2n) is 4.73. The highest BCUT2D eigenvalue weighted by molar-refractivity contribution is 5.94. The van der Waals surface area contributed by atoms with Gasteiger partial charge in [-0.05, 0) is 28.3 Å². The van der Waals surface area contributed by atoms with Crippen molar-refractivity contribution in [3.63, 3.8) is 0 Å². The largest absolute Gasteiger partial charge is 0.322 e. The first kappa shape index (κ1) is 12.6. The van der Waals surface area contributed by atoms with Crippen molar-refractivity contribution in [3.05, 3.63) is 42.5 Å². The molecular formula is C15H17N5. The molecule has 0 atom stereocenters. The van der Waals surface area contributed by atoms with Gasteiger partial charge in [0.05, 0.1) is 0 Å². The summed E-state index contributed by atoms with van der Waals surface area (Å²) in [5.74, 6) is 0.690. The summed E-state index contributed by atoms with van der Waals surface area (Å²) in [6.45, 7) is 2.98. The second kappa shape index (κ2) is 5.69. The van der Waals surface area contributed by atoms with Gasteiger partial charge in [-0.25, -0.2) is 4.68 Å². The second-order valence-corrected chi connectivity index (χ2v) is 4.73. The lowest BCUT2D eigenvalue weighted by molar-refractivity contribution is 0.558. The highest BCUT2D eigenvalue weighted by Gasteiger charge is 2.07. The Labute approximate surface area is 117 Å². The van der Waals surface area contributed by atoms with E-state index in [9.17, 15) is 0 Å². The molecule has 0 amide bonds. The molecule has 3 aromatic rings. The maximum Gasteiger partial charge on any atom is 0.247 e. The fraction of sp³-hybridized carbons (Fsp3) is 0.267. The number of tetrazole rings is 1. The minimum atomic E-state index is 0.690. The molecule has 0 aliphatic rings. The zero-order chi connectivity index (χ0) is 13.8. The van der Waals surface area contributed by atoms with Crippen LogP contribution in [0.5, 0.6) is 0 Å². The lowest BCUT2D eigenvalue weighted by atomic mass is 10.1. The van der Waals surface area contributed by atoms with Crippen molar-refractivity contribution in [2.45, 2.75) is 26.3 Å². The van der Waals surface area contributed by atoms with Crippen LogP contribution in [-0.4, -0.2) is 20.2 Å². The number of unbranched alkanes of at least 4 members (excludes halogenated alkanes) is 1. The van der Waals surface area contributed by atoms with Gasteiger partial charge in [-0.15, -0.1) is 0 Å². The zero-order valence-corrected chi connectivity index (χ0v) is 11.5. The van der Waals surface area contributed by atoms with E-state index in [-0.39, 0.29) is 0 Å². The van der Waals surface area contributed by atoms with Gasteiger partial charge < -0.3 is 5.32 Å². The lowest BCUT2D eigenvalue weighted by Gasteiger charge is -2.09. The van der Waals surface area contributed by atoms with Crippen molar-refractivity contribution >= 4 is 22.4 Å². The van der Waals surface area contributed by atoms with Crippen LogP contribution in [0.1, 0.15) is 19.8 Å². The van der Waals surface area contributed by atoms with E-state index in [0.29, 0.717) is 5.95 Å². The molecule has 0 saturated carbocycles. The van der Waals surface area contributed by atoms with Crippen LogP contribution in [0.25, 0.3) is 10.8 Å². The van der Waals surface area contributed by atoms with Gasteiger partial charge in [0, 0.05) is 17.6 Å². The smallest absolute Gasteiger partial charge is 0.247 e. The average molecular weight is 267 g/mol. The maximum absolute atomic E-state index is 4.06. The van der Waals surface area contributed by atoms with Gasteiger partial charge in [-0.1, -0.05) is 54.8 Å². The average Bonchev–Trinajstić information content (AvgIpc) is 2.93. The van der Waals surface area contributed by atoms with Gasteiger partial charge >= 0.3 is 0 Å². The predicted molar refractivity (Wildman–Crippen MR) is 80.0 cm³/mol. The molecule has 102 valence electrons. The number of rotatable bonds is 5. The number of hydrogen-bond donors (Lipinski definition) is 1. The first-order valence-electron chi connectivity index (χ1n) is 6.89. The molecule has 2 aromatic carbocycles. The van der Waals surface area contributed by atoms with Gasteiger partial charge in [0.15, 0.2) is 0 Å². The molecule has 20 heavy (non-hydrogen) atoms. The van der Waals surface area contributed by atoms with Crippen molar-refractivity contribution in [2.75, 3.05) is 5.32 Å². The molecule has 0 bridgehead atoms. The third-order valence-electron chi connectivity index (χ3n) is 3.29. The molecule has 0 aliphatic heterocycles. The molecule has 1 heterocycles. The molecule has 0 spiro atoms. The normalized spacial score (nSPS) is 10.8. The number of nitrogens with one attached hydrogen (secondary N) is 1. The lowest BCUT2D eigenvalue weighted by Crippen LogP contribution is -2.05. The minimum Gasteiger partial charge on any atom is -0.322 e. The molecule has 1 N–H and O–H groups in total. The van der Waals surface area contributed by atoms with Gasteiger partial charge in [0.2, 0.25) is 5.95 Å². The Bertz CT molecular complexity index is 699. The number of nitrogens with zero attached hydrogens (tertiary/aromatic N) is 4. The number of hydrogen-bond acceptors (Lipinski definition) is 4. The van der Waals surface area contributed by atoms with Gasteiger partial charge in [-0.3, -0.25) is 0 Å². The Kier molecular flexibility index (Phi) is 3.58. The molecule has 0 unspecified atom stereocenters. The summed E-state index contributed by atoms with van der Waals surface area (Å²) in [5.41, 5.74) is 1.02. The van der Waals surface area contributed by atoms with Gasteiger partial charge in [-0.2, -0.15) is 0 Å². The van der Waals surface area contributed by atoms with Crippen LogP contribution in [0.3, 0.4) is 0 Å². The molecule has 5 nitrogen and oxygen atoms in total. The van der Waals surface area contributed by atoms with Gasteiger partial charge in [0.25, 0.3) is 0 Å². The third-order valence-corrected chi connectivity index (χ3v) is 3.29. The van der Waals surface area contributed by atoms with Crippen molar-refractivity contribution < 1.29 is 0 Å².